The van der Waals surface area contributed by atoms with Crippen LogP contribution in [0.2, 0.25) is 0 Å². The number of likely N-dealkylation sites (N-methyl/N-ethyl adjacent to an activating group) is 1. The maximum atomic E-state index is 12.0. The summed E-state index contributed by atoms with van der Waals surface area (Å²) in [4.78, 5) is 25.5. The molecule has 104 valence electrons. The first kappa shape index (κ1) is 13.6. The summed E-state index contributed by atoms with van der Waals surface area (Å²) in [5.74, 6) is -0.103. The van der Waals surface area contributed by atoms with E-state index in [4.69, 9.17) is 0 Å². The van der Waals surface area contributed by atoms with E-state index in [1.165, 1.54) is 10.7 Å². The van der Waals surface area contributed by atoms with Crippen LogP contribution in [-0.2, 0) is 17.8 Å². The molecule has 0 atom stereocenters. The van der Waals surface area contributed by atoms with Crippen LogP contribution in [0.1, 0.15) is 26.0 Å². The molecule has 0 aliphatic carbocycles. The van der Waals surface area contributed by atoms with Gasteiger partial charge in [-0.25, -0.2) is 4.68 Å². The van der Waals surface area contributed by atoms with Gasteiger partial charge in [0.2, 0.25) is 5.91 Å². The standard InChI is InChI=1S/C13H20N4O2/c1-9(2)16(3)13(19)8-17-12(18)7-11-10(15-17)5-4-6-14-11/h7,9,14H,4-6,8H2,1-3H3. The molecule has 0 spiro atoms. The molecule has 6 nitrogen and oxygen atoms in total. The van der Waals surface area contributed by atoms with Crippen LogP contribution in [0.3, 0.4) is 0 Å². The molecule has 0 fully saturated rings. The molecule has 1 N–H and O–H groups in total. The second-order valence-electron chi connectivity index (χ2n) is 5.13. The molecule has 1 aromatic heterocycles. The quantitative estimate of drug-likeness (QED) is 0.861. The Morgan fingerprint density at radius 1 is 1.58 bits per heavy atom. The Morgan fingerprint density at radius 3 is 3.00 bits per heavy atom. The number of hydrogen-bond donors (Lipinski definition) is 1. The van der Waals surface area contributed by atoms with Gasteiger partial charge in [0.25, 0.3) is 5.56 Å². The third-order valence-corrected chi connectivity index (χ3v) is 3.43. The summed E-state index contributed by atoms with van der Waals surface area (Å²) in [6.45, 7) is 4.74. The SMILES string of the molecule is CC(C)N(C)C(=O)Cn1nc2c(cc1=O)NCCC2. The van der Waals surface area contributed by atoms with Crippen LogP contribution < -0.4 is 10.9 Å². The number of hydrogen-bond acceptors (Lipinski definition) is 4. The van der Waals surface area contributed by atoms with E-state index < -0.39 is 0 Å². The van der Waals surface area contributed by atoms with Gasteiger partial charge in [0, 0.05) is 25.7 Å². The zero-order valence-corrected chi connectivity index (χ0v) is 11.6. The molecule has 1 aromatic rings. The van der Waals surface area contributed by atoms with E-state index in [0.29, 0.717) is 0 Å². The Balaban J connectivity index is 2.21. The molecule has 19 heavy (non-hydrogen) atoms. The summed E-state index contributed by atoms with van der Waals surface area (Å²) in [7, 11) is 1.73. The van der Waals surface area contributed by atoms with Crippen molar-refractivity contribution in [1.29, 1.82) is 0 Å². The average molecular weight is 264 g/mol. The van der Waals surface area contributed by atoms with Gasteiger partial charge in [-0.05, 0) is 26.7 Å². The number of rotatable bonds is 3. The van der Waals surface area contributed by atoms with Crippen molar-refractivity contribution in [3.8, 4) is 0 Å². The van der Waals surface area contributed by atoms with E-state index in [0.717, 1.165) is 30.8 Å². The number of aromatic nitrogens is 2. The monoisotopic (exact) mass is 264 g/mol. The summed E-state index contributed by atoms with van der Waals surface area (Å²) in [5, 5.41) is 7.44. The van der Waals surface area contributed by atoms with Crippen molar-refractivity contribution in [3.05, 3.63) is 22.1 Å². The number of nitrogens with zero attached hydrogens (tertiary/aromatic N) is 3. The van der Waals surface area contributed by atoms with Crippen LogP contribution in [0.4, 0.5) is 5.69 Å². The van der Waals surface area contributed by atoms with Crippen molar-refractivity contribution in [1.82, 2.24) is 14.7 Å². The summed E-state index contributed by atoms with van der Waals surface area (Å²) < 4.78 is 1.26. The van der Waals surface area contributed by atoms with Crippen molar-refractivity contribution >= 4 is 11.6 Å². The van der Waals surface area contributed by atoms with Crippen molar-refractivity contribution in [2.24, 2.45) is 0 Å². The van der Waals surface area contributed by atoms with E-state index in [1.54, 1.807) is 11.9 Å². The minimum atomic E-state index is -0.237. The Kier molecular flexibility index (Phi) is 3.87. The van der Waals surface area contributed by atoms with Crippen molar-refractivity contribution in [3.63, 3.8) is 0 Å². The van der Waals surface area contributed by atoms with Gasteiger partial charge in [0.15, 0.2) is 0 Å². The molecule has 0 bridgehead atoms. The highest BCUT2D eigenvalue weighted by Crippen LogP contribution is 2.16. The predicted molar refractivity (Wildman–Crippen MR) is 73.2 cm³/mol. The number of aryl methyl sites for hydroxylation is 1. The van der Waals surface area contributed by atoms with E-state index in [9.17, 15) is 9.59 Å². The summed E-state index contributed by atoms with van der Waals surface area (Å²) in [5.41, 5.74) is 1.43. The van der Waals surface area contributed by atoms with Gasteiger partial charge >= 0.3 is 0 Å². The Labute approximate surface area is 112 Å². The Hall–Kier alpha value is -1.85. The third kappa shape index (κ3) is 2.94. The lowest BCUT2D eigenvalue weighted by atomic mass is 10.1. The molecule has 0 saturated heterocycles. The summed E-state index contributed by atoms with van der Waals surface area (Å²) in [6.07, 6.45) is 1.84. The zero-order valence-electron chi connectivity index (χ0n) is 11.6. The first-order valence-corrected chi connectivity index (χ1v) is 6.59. The maximum absolute atomic E-state index is 12.0. The fourth-order valence-electron chi connectivity index (χ4n) is 1.99. The lowest BCUT2D eigenvalue weighted by Crippen LogP contribution is -2.39. The lowest BCUT2D eigenvalue weighted by Gasteiger charge is -2.22. The third-order valence-electron chi connectivity index (χ3n) is 3.43. The molecule has 0 radical (unpaired) electrons. The highest BCUT2D eigenvalue weighted by molar-refractivity contribution is 5.75. The molecule has 0 saturated carbocycles. The fraction of sp³-hybridized carbons (Fsp3) is 0.615. The molecule has 1 aliphatic rings. The molecule has 2 rings (SSSR count). The van der Waals surface area contributed by atoms with E-state index >= 15 is 0 Å². The zero-order chi connectivity index (χ0) is 14.0. The molecule has 1 amide bonds. The van der Waals surface area contributed by atoms with Gasteiger partial charge in [0.1, 0.15) is 6.54 Å². The molecule has 1 aliphatic heterocycles. The molecule has 0 aromatic carbocycles. The van der Waals surface area contributed by atoms with Crippen LogP contribution in [0.15, 0.2) is 10.9 Å². The number of carbonyl (C=O) groups excluding carboxylic acids is 1. The molecule has 6 heteroatoms. The number of carbonyl (C=O) groups is 1. The van der Waals surface area contributed by atoms with Crippen LogP contribution in [0, 0.1) is 0 Å². The first-order valence-electron chi connectivity index (χ1n) is 6.59. The molecular formula is C13H20N4O2. The van der Waals surface area contributed by atoms with Gasteiger partial charge in [-0.1, -0.05) is 0 Å². The first-order chi connectivity index (χ1) is 8.99. The summed E-state index contributed by atoms with van der Waals surface area (Å²) >= 11 is 0. The van der Waals surface area contributed by atoms with Crippen LogP contribution >= 0.6 is 0 Å². The number of anilines is 1. The van der Waals surface area contributed by atoms with Crippen LogP contribution in [-0.4, -0.2) is 40.2 Å². The normalized spacial score (nSPS) is 13.9. The van der Waals surface area contributed by atoms with Crippen molar-refractivity contribution in [2.45, 2.75) is 39.3 Å². The Bertz CT molecular complexity index is 536. The minimum Gasteiger partial charge on any atom is -0.383 e. The summed E-state index contributed by atoms with van der Waals surface area (Å²) in [6, 6.07) is 1.65. The maximum Gasteiger partial charge on any atom is 0.269 e. The Morgan fingerprint density at radius 2 is 2.32 bits per heavy atom. The van der Waals surface area contributed by atoms with E-state index in [2.05, 4.69) is 10.4 Å². The average Bonchev–Trinajstić information content (AvgIpc) is 2.38. The molecule has 0 unspecified atom stereocenters. The van der Waals surface area contributed by atoms with Crippen molar-refractivity contribution in [2.75, 3.05) is 18.9 Å². The lowest BCUT2D eigenvalue weighted by molar-refractivity contribution is -0.132. The number of amides is 1. The smallest absolute Gasteiger partial charge is 0.269 e. The predicted octanol–water partition coefficient (Wildman–Crippen LogP) is 0.468. The highest BCUT2D eigenvalue weighted by atomic mass is 16.2. The van der Waals surface area contributed by atoms with Crippen molar-refractivity contribution < 1.29 is 4.79 Å². The van der Waals surface area contributed by atoms with Gasteiger partial charge < -0.3 is 10.2 Å². The van der Waals surface area contributed by atoms with E-state index in [-0.39, 0.29) is 24.1 Å². The van der Waals surface area contributed by atoms with Gasteiger partial charge in [-0.15, -0.1) is 0 Å². The van der Waals surface area contributed by atoms with Gasteiger partial charge in [-0.3, -0.25) is 9.59 Å². The largest absolute Gasteiger partial charge is 0.383 e. The molecule has 2 heterocycles. The van der Waals surface area contributed by atoms with Gasteiger partial charge in [0.05, 0.1) is 11.4 Å². The van der Waals surface area contributed by atoms with E-state index in [1.807, 2.05) is 13.8 Å². The fourth-order valence-corrected chi connectivity index (χ4v) is 1.99. The van der Waals surface area contributed by atoms with Crippen LogP contribution in [0.25, 0.3) is 0 Å². The van der Waals surface area contributed by atoms with Gasteiger partial charge in [-0.2, -0.15) is 5.10 Å². The van der Waals surface area contributed by atoms with Crippen LogP contribution in [0.5, 0.6) is 0 Å². The second kappa shape index (κ2) is 5.42. The number of fused-ring (bicyclic) bond motifs is 1. The number of nitrogens with one attached hydrogen (secondary N) is 1. The topological polar surface area (TPSA) is 67.2 Å². The second-order valence-corrected chi connectivity index (χ2v) is 5.13. The molecular weight excluding hydrogens is 244 g/mol. The highest BCUT2D eigenvalue weighted by Gasteiger charge is 2.17. The minimum absolute atomic E-state index is 0.000787.